The molecular formula is C6HClF4Hg. The van der Waals surface area contributed by atoms with Crippen LogP contribution in [-0.4, -0.2) is 0 Å². The Morgan fingerprint density at radius 2 is 1.58 bits per heavy atom. The third kappa shape index (κ3) is 2.92. The van der Waals surface area contributed by atoms with Gasteiger partial charge in [-0.25, -0.2) is 13.2 Å². The Kier molecular flexibility index (Phi) is 7.09. The molecule has 1 aliphatic rings. The van der Waals surface area contributed by atoms with Crippen molar-refractivity contribution in [1.29, 1.82) is 0 Å². The van der Waals surface area contributed by atoms with Gasteiger partial charge in [0.15, 0.2) is 17.5 Å². The molecule has 0 atom stereocenters. The SMILES string of the molecule is F[C]1C(F)=C=CC(F)=C1F.[Cl-].[Hg+]. The Labute approximate surface area is 92.9 Å². The summed E-state index contributed by atoms with van der Waals surface area (Å²) in [7, 11) is 0. The molecule has 0 N–H and O–H groups in total. The van der Waals surface area contributed by atoms with E-state index in [-0.39, 0.29) is 40.1 Å². The van der Waals surface area contributed by atoms with E-state index < -0.39 is 23.7 Å². The molecule has 1 aliphatic carbocycles. The van der Waals surface area contributed by atoms with Crippen LogP contribution >= 0.6 is 0 Å². The largest absolute Gasteiger partial charge is 1.00 e. The van der Waals surface area contributed by atoms with E-state index in [4.69, 9.17) is 0 Å². The molecule has 0 bridgehead atoms. The van der Waals surface area contributed by atoms with Gasteiger partial charge in [0.2, 0.25) is 0 Å². The maximum atomic E-state index is 12.0. The topological polar surface area (TPSA) is 0 Å². The summed E-state index contributed by atoms with van der Waals surface area (Å²) in [5.41, 5.74) is 1.55. The van der Waals surface area contributed by atoms with Crippen molar-refractivity contribution in [2.45, 2.75) is 0 Å². The predicted octanol–water partition coefficient (Wildman–Crippen LogP) is -0.338. The van der Waals surface area contributed by atoms with E-state index in [0.717, 1.165) is 0 Å². The summed E-state index contributed by atoms with van der Waals surface area (Å²) in [5, 5.41) is 0. The number of hydrogen-bond donors (Lipinski definition) is 0. The zero-order valence-electron chi connectivity index (χ0n) is 5.67. The quantitative estimate of drug-likeness (QED) is 0.304. The fourth-order valence-electron chi connectivity index (χ4n) is 0.455. The van der Waals surface area contributed by atoms with Gasteiger partial charge in [0, 0.05) is 6.08 Å². The van der Waals surface area contributed by atoms with Crippen molar-refractivity contribution in [3.05, 3.63) is 35.5 Å². The molecule has 0 amide bonds. The minimum atomic E-state index is -1.83. The summed E-state index contributed by atoms with van der Waals surface area (Å²) < 4.78 is 47.8. The number of halogens is 5. The normalized spacial score (nSPS) is 16.5. The number of rotatable bonds is 0. The Bertz CT molecular complexity index is 254. The summed E-state index contributed by atoms with van der Waals surface area (Å²) >= 11 is 0. The van der Waals surface area contributed by atoms with Crippen molar-refractivity contribution in [2.75, 3.05) is 0 Å². The van der Waals surface area contributed by atoms with Gasteiger partial charge in [-0.15, -0.1) is 0 Å². The van der Waals surface area contributed by atoms with Crippen LogP contribution in [0.15, 0.2) is 29.3 Å². The first-order chi connectivity index (χ1) is 4.63. The average Bonchev–Trinajstić information content (AvgIpc) is 1.93. The molecule has 6 heteroatoms. The van der Waals surface area contributed by atoms with Crippen LogP contribution in [0, 0.1) is 6.17 Å². The van der Waals surface area contributed by atoms with Crippen LogP contribution < -0.4 is 12.4 Å². The molecule has 0 aromatic rings. The van der Waals surface area contributed by atoms with Crippen LogP contribution in [0.3, 0.4) is 0 Å². The van der Waals surface area contributed by atoms with Crippen LogP contribution in [0.5, 0.6) is 0 Å². The molecule has 0 unspecified atom stereocenters. The average molecular weight is 385 g/mol. The molecule has 0 aromatic heterocycles. The fraction of sp³-hybridized carbons (Fsp3) is 0. The van der Waals surface area contributed by atoms with E-state index in [1.54, 1.807) is 5.73 Å². The summed E-state index contributed by atoms with van der Waals surface area (Å²) in [6.45, 7) is 0. The minimum absolute atomic E-state index is 0. The fourth-order valence-corrected chi connectivity index (χ4v) is 0.455. The van der Waals surface area contributed by atoms with Crippen molar-refractivity contribution >= 4 is 0 Å². The zero-order valence-corrected chi connectivity index (χ0v) is 11.9. The van der Waals surface area contributed by atoms with Crippen molar-refractivity contribution < 1.29 is 57.6 Å². The van der Waals surface area contributed by atoms with Gasteiger partial charge in [-0.1, -0.05) is 5.73 Å². The maximum absolute atomic E-state index is 12.0. The van der Waals surface area contributed by atoms with Crippen LogP contribution in [0.2, 0.25) is 0 Å². The monoisotopic (exact) mass is 386 g/mol. The summed E-state index contributed by atoms with van der Waals surface area (Å²) in [6.07, 6.45) is -1.44. The molecule has 12 heavy (non-hydrogen) atoms. The zero-order chi connectivity index (χ0) is 7.72. The van der Waals surface area contributed by atoms with Gasteiger partial charge in [0.1, 0.15) is 0 Å². The first-order valence-electron chi connectivity index (χ1n) is 2.33. The summed E-state index contributed by atoms with van der Waals surface area (Å²) in [6, 6.07) is 0. The van der Waals surface area contributed by atoms with Gasteiger partial charge in [0.05, 0.1) is 0 Å². The molecule has 0 saturated carbocycles. The molecule has 0 aromatic carbocycles. The maximum Gasteiger partial charge on any atom is 1.00 e. The smallest absolute Gasteiger partial charge is 1.00 e. The second kappa shape index (κ2) is 5.78. The van der Waals surface area contributed by atoms with Gasteiger partial charge < -0.3 is 12.4 Å². The third-order valence-corrected chi connectivity index (χ3v) is 0.921. The first-order valence-corrected chi connectivity index (χ1v) is 2.33. The molecule has 0 spiro atoms. The van der Waals surface area contributed by atoms with Crippen LogP contribution in [0.25, 0.3) is 0 Å². The van der Waals surface area contributed by atoms with E-state index in [1.165, 1.54) is 0 Å². The molecule has 0 fully saturated rings. The van der Waals surface area contributed by atoms with Gasteiger partial charge in [-0.05, 0) is 0 Å². The van der Waals surface area contributed by atoms with Crippen molar-refractivity contribution in [3.63, 3.8) is 0 Å². The molecule has 1 rings (SSSR count). The summed E-state index contributed by atoms with van der Waals surface area (Å²) in [4.78, 5) is 0. The number of allylic oxidation sites excluding steroid dienone is 3. The minimum Gasteiger partial charge on any atom is -1.00 e. The Balaban J connectivity index is 0. The second-order valence-corrected chi connectivity index (χ2v) is 1.58. The number of hydrogen-bond acceptors (Lipinski definition) is 0. The van der Waals surface area contributed by atoms with Crippen molar-refractivity contribution in [2.24, 2.45) is 0 Å². The van der Waals surface area contributed by atoms with Gasteiger partial charge in [-0.3, -0.25) is 0 Å². The van der Waals surface area contributed by atoms with Crippen LogP contribution in [0.1, 0.15) is 0 Å². The standard InChI is InChI=1S/C6HF4.ClH.Hg/c7-3-1-2-4(8)6(10)5(3)9;;/h1H;1H;/q;;+1/p-1. The van der Waals surface area contributed by atoms with Gasteiger partial charge >= 0.3 is 27.7 Å². The molecule has 62 valence electrons. The van der Waals surface area contributed by atoms with Gasteiger partial charge in [0.25, 0.3) is 6.17 Å². The second-order valence-electron chi connectivity index (χ2n) is 1.58. The molecule has 0 nitrogen and oxygen atoms in total. The van der Waals surface area contributed by atoms with E-state index in [9.17, 15) is 17.6 Å². The Morgan fingerprint density at radius 1 is 1.08 bits per heavy atom. The predicted molar refractivity (Wildman–Crippen MR) is 26.3 cm³/mol. The van der Waals surface area contributed by atoms with E-state index in [2.05, 4.69) is 0 Å². The molecule has 0 aliphatic heterocycles. The molecule has 0 heterocycles. The van der Waals surface area contributed by atoms with Crippen molar-refractivity contribution in [3.8, 4) is 0 Å². The van der Waals surface area contributed by atoms with Crippen LogP contribution in [-0.2, 0) is 27.7 Å². The van der Waals surface area contributed by atoms with Crippen molar-refractivity contribution in [1.82, 2.24) is 0 Å². The first kappa shape index (κ1) is 14.7. The molecule has 0 saturated heterocycles. The van der Waals surface area contributed by atoms with E-state index in [1.807, 2.05) is 0 Å². The Morgan fingerprint density at radius 3 is 2.00 bits per heavy atom. The molecular weight excluding hydrogens is 384 g/mol. The third-order valence-electron chi connectivity index (χ3n) is 0.921. The van der Waals surface area contributed by atoms with E-state index >= 15 is 0 Å². The molecule has 2 radical (unpaired) electrons. The van der Waals surface area contributed by atoms with Crippen LogP contribution in [0.4, 0.5) is 17.6 Å². The van der Waals surface area contributed by atoms with E-state index in [0.29, 0.717) is 6.08 Å². The van der Waals surface area contributed by atoms with Gasteiger partial charge in [-0.2, -0.15) is 4.39 Å². The Hall–Kier alpha value is 0.205. The summed E-state index contributed by atoms with van der Waals surface area (Å²) in [5.74, 6) is -4.77.